The van der Waals surface area contributed by atoms with E-state index in [1.54, 1.807) is 6.92 Å². The summed E-state index contributed by atoms with van der Waals surface area (Å²) in [6.45, 7) is 8.00. The summed E-state index contributed by atoms with van der Waals surface area (Å²) in [5.74, 6) is 0.0121. The first-order valence-electron chi connectivity index (χ1n) is 5.67. The van der Waals surface area contributed by atoms with Gasteiger partial charge in [0.2, 0.25) is 5.91 Å². The van der Waals surface area contributed by atoms with Crippen LogP contribution in [0.15, 0.2) is 0 Å². The molecule has 2 atom stereocenters. The molecular weight excluding hydrogens is 188 g/mol. The van der Waals surface area contributed by atoms with Crippen molar-refractivity contribution in [1.29, 1.82) is 5.26 Å². The summed E-state index contributed by atoms with van der Waals surface area (Å²) < 4.78 is 0. The summed E-state index contributed by atoms with van der Waals surface area (Å²) in [5, 5.41) is 11.4. The maximum absolute atomic E-state index is 11.3. The summed E-state index contributed by atoms with van der Waals surface area (Å²) in [7, 11) is 0. The number of rotatable bonds is 6. The Labute approximate surface area is 92.9 Å². The maximum Gasteiger partial charge on any atom is 0.237 e. The summed E-state index contributed by atoms with van der Waals surface area (Å²) in [6.07, 6.45) is 3.30. The SMILES string of the molecule is CC(C)CCCC(C)NC(=O)C(C)C#N. The summed E-state index contributed by atoms with van der Waals surface area (Å²) in [6, 6.07) is 2.11. The van der Waals surface area contributed by atoms with Crippen molar-refractivity contribution >= 4 is 5.91 Å². The largest absolute Gasteiger partial charge is 0.353 e. The monoisotopic (exact) mass is 210 g/mol. The van der Waals surface area contributed by atoms with Crippen LogP contribution in [0, 0.1) is 23.2 Å². The van der Waals surface area contributed by atoms with Crippen molar-refractivity contribution in [2.75, 3.05) is 0 Å². The predicted molar refractivity (Wildman–Crippen MR) is 61.1 cm³/mol. The lowest BCUT2D eigenvalue weighted by Crippen LogP contribution is -2.35. The molecule has 0 saturated heterocycles. The molecule has 0 aromatic carbocycles. The predicted octanol–water partition coefficient (Wildman–Crippen LogP) is 2.48. The van der Waals surface area contributed by atoms with E-state index in [1.807, 2.05) is 13.0 Å². The van der Waals surface area contributed by atoms with Crippen LogP contribution < -0.4 is 5.32 Å². The number of amides is 1. The minimum absolute atomic E-state index is 0.158. The zero-order valence-corrected chi connectivity index (χ0v) is 10.2. The molecule has 3 heteroatoms. The highest BCUT2D eigenvalue weighted by Gasteiger charge is 2.13. The Hall–Kier alpha value is -1.04. The van der Waals surface area contributed by atoms with Crippen LogP contribution in [0.3, 0.4) is 0 Å². The molecule has 0 aliphatic rings. The van der Waals surface area contributed by atoms with Gasteiger partial charge in [0.25, 0.3) is 0 Å². The molecule has 1 N–H and O–H groups in total. The van der Waals surface area contributed by atoms with Gasteiger partial charge in [0.1, 0.15) is 5.92 Å². The Balaban J connectivity index is 3.70. The van der Waals surface area contributed by atoms with Crippen LogP contribution in [-0.4, -0.2) is 11.9 Å². The van der Waals surface area contributed by atoms with E-state index in [1.165, 1.54) is 6.42 Å². The van der Waals surface area contributed by atoms with E-state index < -0.39 is 5.92 Å². The molecule has 0 heterocycles. The van der Waals surface area contributed by atoms with Crippen molar-refractivity contribution in [2.45, 2.75) is 53.0 Å². The Kier molecular flexibility index (Phi) is 6.77. The number of nitriles is 1. The molecule has 0 spiro atoms. The molecule has 0 aliphatic carbocycles. The lowest BCUT2D eigenvalue weighted by molar-refractivity contribution is -0.123. The van der Waals surface area contributed by atoms with Gasteiger partial charge in [-0.15, -0.1) is 0 Å². The van der Waals surface area contributed by atoms with E-state index in [-0.39, 0.29) is 11.9 Å². The number of nitrogens with zero attached hydrogens (tertiary/aromatic N) is 1. The first-order chi connectivity index (χ1) is 6.97. The fourth-order valence-electron chi connectivity index (χ4n) is 1.33. The third kappa shape index (κ3) is 6.96. The van der Waals surface area contributed by atoms with Gasteiger partial charge in [0.05, 0.1) is 6.07 Å². The maximum atomic E-state index is 11.3. The third-order valence-electron chi connectivity index (χ3n) is 2.39. The molecular formula is C12H22N2O. The van der Waals surface area contributed by atoms with Crippen molar-refractivity contribution < 1.29 is 4.79 Å². The minimum Gasteiger partial charge on any atom is -0.353 e. The Morgan fingerprint density at radius 2 is 1.87 bits per heavy atom. The standard InChI is InChI=1S/C12H22N2O/c1-9(2)6-5-7-11(4)14-12(15)10(3)8-13/h9-11H,5-7H2,1-4H3,(H,14,15). The van der Waals surface area contributed by atoms with Crippen molar-refractivity contribution in [1.82, 2.24) is 5.32 Å². The fourth-order valence-corrected chi connectivity index (χ4v) is 1.33. The summed E-state index contributed by atoms with van der Waals surface area (Å²) >= 11 is 0. The molecule has 15 heavy (non-hydrogen) atoms. The van der Waals surface area contributed by atoms with Gasteiger partial charge in [-0.1, -0.05) is 26.7 Å². The van der Waals surface area contributed by atoms with Crippen LogP contribution in [0.2, 0.25) is 0 Å². The lowest BCUT2D eigenvalue weighted by Gasteiger charge is -2.15. The Morgan fingerprint density at radius 1 is 1.27 bits per heavy atom. The molecule has 0 aromatic heterocycles. The van der Waals surface area contributed by atoms with Gasteiger partial charge in [-0.25, -0.2) is 0 Å². The number of hydrogen-bond acceptors (Lipinski definition) is 2. The topological polar surface area (TPSA) is 52.9 Å². The highest BCUT2D eigenvalue weighted by Crippen LogP contribution is 2.08. The summed E-state index contributed by atoms with van der Waals surface area (Å²) in [5.41, 5.74) is 0. The molecule has 0 aromatic rings. The second-order valence-corrected chi connectivity index (χ2v) is 4.59. The molecule has 0 radical (unpaired) electrons. The van der Waals surface area contributed by atoms with Gasteiger partial charge in [-0.05, 0) is 26.2 Å². The van der Waals surface area contributed by atoms with Gasteiger partial charge in [0, 0.05) is 6.04 Å². The van der Waals surface area contributed by atoms with E-state index in [0.717, 1.165) is 12.8 Å². The molecule has 0 fully saturated rings. The average Bonchev–Trinajstić information content (AvgIpc) is 2.15. The van der Waals surface area contributed by atoms with Crippen LogP contribution in [0.1, 0.15) is 47.0 Å². The van der Waals surface area contributed by atoms with Crippen molar-refractivity contribution in [3.8, 4) is 6.07 Å². The van der Waals surface area contributed by atoms with E-state index in [4.69, 9.17) is 5.26 Å². The molecule has 2 unspecified atom stereocenters. The third-order valence-corrected chi connectivity index (χ3v) is 2.39. The smallest absolute Gasteiger partial charge is 0.237 e. The quantitative estimate of drug-likeness (QED) is 0.732. The minimum atomic E-state index is -0.544. The first-order valence-corrected chi connectivity index (χ1v) is 5.67. The summed E-state index contributed by atoms with van der Waals surface area (Å²) in [4.78, 5) is 11.3. The average molecular weight is 210 g/mol. The van der Waals surface area contributed by atoms with Gasteiger partial charge in [0.15, 0.2) is 0 Å². The van der Waals surface area contributed by atoms with E-state index in [2.05, 4.69) is 19.2 Å². The van der Waals surface area contributed by atoms with Gasteiger partial charge in [-0.3, -0.25) is 4.79 Å². The van der Waals surface area contributed by atoms with Crippen LogP contribution in [-0.2, 0) is 4.79 Å². The molecule has 3 nitrogen and oxygen atoms in total. The Bertz CT molecular complexity index is 230. The molecule has 0 bridgehead atoms. The molecule has 0 aliphatic heterocycles. The second kappa shape index (κ2) is 7.28. The van der Waals surface area contributed by atoms with Gasteiger partial charge in [-0.2, -0.15) is 5.26 Å². The van der Waals surface area contributed by atoms with Crippen LogP contribution >= 0.6 is 0 Å². The van der Waals surface area contributed by atoms with Crippen molar-refractivity contribution in [3.05, 3.63) is 0 Å². The van der Waals surface area contributed by atoms with Crippen molar-refractivity contribution in [2.24, 2.45) is 11.8 Å². The highest BCUT2D eigenvalue weighted by molar-refractivity contribution is 5.80. The van der Waals surface area contributed by atoms with Gasteiger partial charge >= 0.3 is 0 Å². The zero-order chi connectivity index (χ0) is 11.8. The molecule has 86 valence electrons. The van der Waals surface area contributed by atoms with Crippen molar-refractivity contribution in [3.63, 3.8) is 0 Å². The number of carbonyl (C=O) groups is 1. The van der Waals surface area contributed by atoms with E-state index >= 15 is 0 Å². The normalized spacial score (nSPS) is 14.4. The zero-order valence-electron chi connectivity index (χ0n) is 10.2. The first kappa shape index (κ1) is 14.0. The van der Waals surface area contributed by atoms with E-state index in [0.29, 0.717) is 5.92 Å². The number of carbonyl (C=O) groups excluding carboxylic acids is 1. The number of nitrogens with one attached hydrogen (secondary N) is 1. The Morgan fingerprint density at radius 3 is 2.33 bits per heavy atom. The second-order valence-electron chi connectivity index (χ2n) is 4.59. The fraction of sp³-hybridized carbons (Fsp3) is 0.833. The van der Waals surface area contributed by atoms with Gasteiger partial charge < -0.3 is 5.32 Å². The molecule has 1 amide bonds. The van der Waals surface area contributed by atoms with Crippen LogP contribution in [0.4, 0.5) is 0 Å². The highest BCUT2D eigenvalue weighted by atomic mass is 16.1. The lowest BCUT2D eigenvalue weighted by atomic mass is 10.0. The molecule has 0 saturated carbocycles. The number of hydrogen-bond donors (Lipinski definition) is 1. The van der Waals surface area contributed by atoms with Crippen LogP contribution in [0.5, 0.6) is 0 Å². The van der Waals surface area contributed by atoms with Crippen LogP contribution in [0.25, 0.3) is 0 Å². The van der Waals surface area contributed by atoms with E-state index in [9.17, 15) is 4.79 Å². The molecule has 0 rings (SSSR count).